The minimum atomic E-state index is -0.252. The number of β-amino-alcohol motifs (C(OH)–C–C–N with tert-alkyl or cyclic N) is 1. The zero-order chi connectivity index (χ0) is 20.9. The van der Waals surface area contributed by atoms with Crippen molar-refractivity contribution in [3.63, 3.8) is 0 Å². The fraction of sp³-hybridized carbons (Fsp3) is 0.480. The Morgan fingerprint density at radius 3 is 2.74 bits per heavy atom. The van der Waals surface area contributed by atoms with Gasteiger partial charge in [-0.15, -0.1) is 0 Å². The lowest BCUT2D eigenvalue weighted by molar-refractivity contribution is 0.108. The largest absolute Gasteiger partial charge is 0.460 e. The van der Waals surface area contributed by atoms with Gasteiger partial charge in [0.2, 0.25) is 0 Å². The zero-order valence-electron chi connectivity index (χ0n) is 17.7. The van der Waals surface area contributed by atoms with Gasteiger partial charge in [0.1, 0.15) is 11.3 Å². The van der Waals surface area contributed by atoms with Crippen molar-refractivity contribution in [3.8, 4) is 0 Å². The highest BCUT2D eigenvalue weighted by atomic mass is 16.3. The summed E-state index contributed by atoms with van der Waals surface area (Å²) in [6, 6.07) is 14.5. The van der Waals surface area contributed by atoms with Crippen molar-refractivity contribution in [2.75, 3.05) is 26.2 Å². The molecule has 1 N–H and O–H groups in total. The van der Waals surface area contributed by atoms with Crippen LogP contribution < -0.4 is 5.56 Å². The number of benzene rings is 1. The molecular weight excluding hydrogens is 390 g/mol. The Morgan fingerprint density at radius 1 is 1.00 bits per heavy atom. The topological polar surface area (TPSA) is 61.9 Å². The molecule has 0 spiro atoms. The molecular formula is C25H29N3O3. The van der Waals surface area contributed by atoms with Gasteiger partial charge >= 0.3 is 0 Å². The molecule has 2 fully saturated rings. The number of pyridine rings is 1. The summed E-state index contributed by atoms with van der Waals surface area (Å²) in [5.41, 5.74) is 3.15. The van der Waals surface area contributed by atoms with Crippen molar-refractivity contribution >= 4 is 11.0 Å². The maximum absolute atomic E-state index is 13.2. The van der Waals surface area contributed by atoms with Crippen LogP contribution in [-0.4, -0.2) is 51.8 Å². The molecule has 1 aromatic carbocycles. The number of aliphatic hydroxyl groups is 1. The normalized spacial score (nSPS) is 26.4. The molecule has 2 saturated heterocycles. The summed E-state index contributed by atoms with van der Waals surface area (Å²) in [7, 11) is 0. The third kappa shape index (κ3) is 3.63. The number of piperidine rings is 1. The quantitative estimate of drug-likeness (QED) is 0.705. The second-order valence-corrected chi connectivity index (χ2v) is 9.62. The van der Waals surface area contributed by atoms with Crippen LogP contribution in [0.2, 0.25) is 0 Å². The Hall–Kier alpha value is -2.41. The van der Waals surface area contributed by atoms with E-state index in [4.69, 9.17) is 4.42 Å². The third-order valence-electron chi connectivity index (χ3n) is 7.26. The Balaban J connectivity index is 1.20. The molecule has 2 bridgehead atoms. The second kappa shape index (κ2) is 7.62. The number of hydrogen-bond donors (Lipinski definition) is 1. The van der Waals surface area contributed by atoms with E-state index in [1.807, 2.05) is 28.8 Å². The van der Waals surface area contributed by atoms with Gasteiger partial charge in [0.05, 0.1) is 12.6 Å². The Kier molecular flexibility index (Phi) is 4.74. The summed E-state index contributed by atoms with van der Waals surface area (Å²) in [6.07, 6.45) is 1.71. The number of hydrogen-bond acceptors (Lipinski definition) is 5. The van der Waals surface area contributed by atoms with Gasteiger partial charge in [-0.25, -0.2) is 0 Å². The molecule has 0 unspecified atom stereocenters. The fourth-order valence-corrected chi connectivity index (χ4v) is 5.87. The molecule has 5 heterocycles. The van der Waals surface area contributed by atoms with E-state index in [1.54, 1.807) is 0 Å². The molecule has 6 rings (SSSR count). The lowest BCUT2D eigenvalue weighted by atomic mass is 9.83. The van der Waals surface area contributed by atoms with E-state index in [9.17, 15) is 9.90 Å². The summed E-state index contributed by atoms with van der Waals surface area (Å²) in [5.74, 6) is 1.91. The van der Waals surface area contributed by atoms with Gasteiger partial charge in [0, 0.05) is 61.8 Å². The molecule has 3 atom stereocenters. The molecule has 0 radical (unpaired) electrons. The zero-order valence-corrected chi connectivity index (χ0v) is 17.7. The van der Waals surface area contributed by atoms with Crippen molar-refractivity contribution in [3.05, 3.63) is 69.8 Å². The molecule has 0 saturated carbocycles. The van der Waals surface area contributed by atoms with Crippen LogP contribution in [0.4, 0.5) is 0 Å². The first kappa shape index (κ1) is 19.3. The minimum absolute atomic E-state index is 0.166. The minimum Gasteiger partial charge on any atom is -0.460 e. The van der Waals surface area contributed by atoms with Gasteiger partial charge < -0.3 is 14.1 Å². The van der Waals surface area contributed by atoms with Crippen LogP contribution in [-0.2, 0) is 19.6 Å². The monoisotopic (exact) mass is 419 g/mol. The first-order valence-corrected chi connectivity index (χ1v) is 11.5. The van der Waals surface area contributed by atoms with Gasteiger partial charge in [-0.05, 0) is 37.0 Å². The average molecular weight is 420 g/mol. The van der Waals surface area contributed by atoms with E-state index in [1.165, 1.54) is 5.69 Å². The Morgan fingerprint density at radius 2 is 1.90 bits per heavy atom. The molecule has 0 amide bonds. The van der Waals surface area contributed by atoms with Crippen LogP contribution >= 0.6 is 0 Å². The average Bonchev–Trinajstić information content (AvgIpc) is 3.35. The van der Waals surface area contributed by atoms with Crippen molar-refractivity contribution in [1.82, 2.24) is 14.4 Å². The number of fused-ring (bicyclic) bond motifs is 5. The summed E-state index contributed by atoms with van der Waals surface area (Å²) >= 11 is 0. The number of furan rings is 1. The third-order valence-corrected chi connectivity index (χ3v) is 7.26. The van der Waals surface area contributed by atoms with Gasteiger partial charge in [0.25, 0.3) is 5.56 Å². The number of likely N-dealkylation sites (tertiary alicyclic amines) is 2. The van der Waals surface area contributed by atoms with E-state index < -0.39 is 0 Å². The van der Waals surface area contributed by atoms with Crippen LogP contribution in [0.25, 0.3) is 11.0 Å². The van der Waals surface area contributed by atoms with Crippen LogP contribution in [0.3, 0.4) is 0 Å². The van der Waals surface area contributed by atoms with Crippen molar-refractivity contribution < 1.29 is 9.52 Å². The molecule has 162 valence electrons. The van der Waals surface area contributed by atoms with Gasteiger partial charge in [-0.3, -0.25) is 14.6 Å². The lowest BCUT2D eigenvalue weighted by Crippen LogP contribution is -2.47. The molecule has 0 aliphatic carbocycles. The smallest absolute Gasteiger partial charge is 0.255 e. The predicted octanol–water partition coefficient (Wildman–Crippen LogP) is 2.78. The molecule has 6 nitrogen and oxygen atoms in total. The van der Waals surface area contributed by atoms with E-state index >= 15 is 0 Å². The van der Waals surface area contributed by atoms with E-state index in [-0.39, 0.29) is 11.7 Å². The maximum atomic E-state index is 13.2. The number of aliphatic hydroxyl groups excluding tert-OH is 1. The standard InChI is InChI=1S/C25H29N3O3/c29-21-7-8-26(15-21)13-19-5-6-23-20-9-17(12-28(23)25(19)30)11-27(14-20)16-22-10-18-3-1-2-4-24(18)31-22/h1-6,10,17,20-21,29H,7-9,11-16H2/t17-,20+,21-/m0/s1. The maximum Gasteiger partial charge on any atom is 0.255 e. The van der Waals surface area contributed by atoms with E-state index in [0.717, 1.165) is 67.9 Å². The summed E-state index contributed by atoms with van der Waals surface area (Å²) < 4.78 is 8.09. The van der Waals surface area contributed by atoms with Crippen LogP contribution in [0, 0.1) is 5.92 Å². The Bertz CT molecular complexity index is 1130. The molecule has 31 heavy (non-hydrogen) atoms. The molecule has 3 aliphatic rings. The fourth-order valence-electron chi connectivity index (χ4n) is 5.87. The van der Waals surface area contributed by atoms with Gasteiger partial charge in [-0.1, -0.05) is 24.3 Å². The van der Waals surface area contributed by atoms with Crippen molar-refractivity contribution in [1.29, 1.82) is 0 Å². The SMILES string of the molecule is O=c1c(CN2CC[C@H](O)C2)ccc2n1C[C@H]1C[C@@H]2CN(Cc2cc3ccccc3o2)C1. The highest BCUT2D eigenvalue weighted by Gasteiger charge is 2.35. The Labute approximate surface area is 181 Å². The second-order valence-electron chi connectivity index (χ2n) is 9.62. The summed E-state index contributed by atoms with van der Waals surface area (Å²) in [4.78, 5) is 17.9. The van der Waals surface area contributed by atoms with Gasteiger partial charge in [-0.2, -0.15) is 0 Å². The number of nitrogens with zero attached hydrogens (tertiary/aromatic N) is 3. The number of para-hydroxylation sites is 1. The predicted molar refractivity (Wildman–Crippen MR) is 119 cm³/mol. The number of aromatic nitrogens is 1. The molecule has 3 aliphatic heterocycles. The molecule has 2 aromatic heterocycles. The van der Waals surface area contributed by atoms with Crippen molar-refractivity contribution in [2.24, 2.45) is 5.92 Å². The van der Waals surface area contributed by atoms with Crippen LogP contribution in [0.1, 0.15) is 35.8 Å². The van der Waals surface area contributed by atoms with Crippen molar-refractivity contribution in [2.45, 2.75) is 44.5 Å². The lowest BCUT2D eigenvalue weighted by Gasteiger charge is -2.42. The number of rotatable bonds is 4. The van der Waals surface area contributed by atoms with Crippen LogP contribution in [0.5, 0.6) is 0 Å². The van der Waals surface area contributed by atoms with Gasteiger partial charge in [0.15, 0.2) is 0 Å². The van der Waals surface area contributed by atoms with Crippen LogP contribution in [0.15, 0.2) is 51.7 Å². The first-order valence-electron chi connectivity index (χ1n) is 11.5. The first-order chi connectivity index (χ1) is 15.1. The van der Waals surface area contributed by atoms with E-state index in [0.29, 0.717) is 24.9 Å². The molecule has 3 aromatic rings. The summed E-state index contributed by atoms with van der Waals surface area (Å²) in [6.45, 7) is 5.77. The van der Waals surface area contributed by atoms with E-state index in [2.05, 4.69) is 28.0 Å². The summed E-state index contributed by atoms with van der Waals surface area (Å²) in [5, 5.41) is 10.9. The molecule has 6 heteroatoms. The highest BCUT2D eigenvalue weighted by Crippen LogP contribution is 2.36. The highest BCUT2D eigenvalue weighted by molar-refractivity contribution is 5.77.